The number of benzene rings is 3. The number of amides is 4. The first-order chi connectivity index (χ1) is 20.6. The number of fused-ring (bicyclic) bond motifs is 4. The molecule has 0 unspecified atom stereocenters. The lowest BCUT2D eigenvalue weighted by Crippen LogP contribution is -2.53. The van der Waals surface area contributed by atoms with Crippen LogP contribution in [0, 0.1) is 37.5 Å². The number of hydrogen-bond donors (Lipinski definition) is 1. The zero-order chi connectivity index (χ0) is 30.4. The molecule has 3 aromatic rings. The highest BCUT2D eigenvalue weighted by atomic mass is 35.5. The van der Waals surface area contributed by atoms with E-state index in [1.54, 1.807) is 24.3 Å². The van der Waals surface area contributed by atoms with Gasteiger partial charge >= 0.3 is 0 Å². The molecule has 218 valence electrons. The van der Waals surface area contributed by atoms with E-state index in [0.29, 0.717) is 33.8 Å². The predicted octanol–water partition coefficient (Wildman–Crippen LogP) is 5.45. The van der Waals surface area contributed by atoms with Crippen LogP contribution in [0.1, 0.15) is 41.0 Å². The van der Waals surface area contributed by atoms with Gasteiger partial charge in [-0.1, -0.05) is 71.8 Å². The molecule has 0 spiro atoms. The molecule has 1 saturated carbocycles. The van der Waals surface area contributed by atoms with Gasteiger partial charge in [-0.25, -0.2) is 4.90 Å². The van der Waals surface area contributed by atoms with Crippen molar-refractivity contribution in [3.05, 3.63) is 106 Å². The Bertz CT molecular complexity index is 1740. The molecule has 2 aliphatic heterocycles. The minimum atomic E-state index is -1.33. The molecule has 0 aromatic heterocycles. The van der Waals surface area contributed by atoms with Gasteiger partial charge in [-0.15, -0.1) is 0 Å². The number of aromatic hydroxyl groups is 1. The average molecular weight is 595 g/mol. The molecule has 7 nitrogen and oxygen atoms in total. The van der Waals surface area contributed by atoms with Crippen LogP contribution in [0.25, 0.3) is 0 Å². The Morgan fingerprint density at radius 3 is 2.23 bits per heavy atom. The van der Waals surface area contributed by atoms with Gasteiger partial charge in [-0.05, 0) is 73.1 Å². The van der Waals surface area contributed by atoms with E-state index in [1.165, 1.54) is 16.8 Å². The van der Waals surface area contributed by atoms with Crippen molar-refractivity contribution in [2.24, 2.45) is 23.7 Å². The molecule has 8 heteroatoms. The van der Waals surface area contributed by atoms with Crippen molar-refractivity contribution in [1.82, 2.24) is 4.90 Å². The van der Waals surface area contributed by atoms with Crippen molar-refractivity contribution in [3.63, 3.8) is 0 Å². The summed E-state index contributed by atoms with van der Waals surface area (Å²) in [5.41, 5.74) is 2.77. The monoisotopic (exact) mass is 594 g/mol. The second kappa shape index (κ2) is 9.64. The zero-order valence-electron chi connectivity index (χ0n) is 24.1. The lowest BCUT2D eigenvalue weighted by molar-refractivity contribution is -0.138. The second-order valence-electron chi connectivity index (χ2n) is 12.3. The minimum Gasteiger partial charge on any atom is -0.507 e. The number of halogens is 1. The maximum atomic E-state index is 15.1. The Morgan fingerprint density at radius 2 is 1.56 bits per heavy atom. The quantitative estimate of drug-likeness (QED) is 0.321. The highest BCUT2D eigenvalue weighted by molar-refractivity contribution is 6.32. The maximum Gasteiger partial charge on any atom is 0.246 e. The van der Waals surface area contributed by atoms with Gasteiger partial charge in [-0.2, -0.15) is 0 Å². The third kappa shape index (κ3) is 3.67. The van der Waals surface area contributed by atoms with Crippen molar-refractivity contribution >= 4 is 40.9 Å². The third-order valence-corrected chi connectivity index (χ3v) is 10.5. The molecule has 4 amide bonds. The summed E-state index contributed by atoms with van der Waals surface area (Å²) in [6.45, 7) is 3.64. The number of nitrogens with zero attached hydrogens (tertiary/aromatic N) is 2. The Hall–Kier alpha value is -4.23. The Morgan fingerprint density at radius 1 is 0.860 bits per heavy atom. The number of anilines is 1. The molecule has 4 aliphatic rings. The number of rotatable bonds is 3. The van der Waals surface area contributed by atoms with Crippen LogP contribution in [-0.4, -0.2) is 40.7 Å². The molecule has 1 N–H and O–H groups in total. The summed E-state index contributed by atoms with van der Waals surface area (Å²) < 4.78 is 0. The van der Waals surface area contributed by atoms with Crippen LogP contribution in [0.2, 0.25) is 5.02 Å². The third-order valence-electron chi connectivity index (χ3n) is 10.2. The standard InChI is InChI=1S/C35H31ClN2O5/c1-18-14-20(15-19(2)30(18)39)29-24-12-13-25-28(33(42)37(3)31(25)40)26(24)17-27-32(41)38(23-11-7-10-22(36)16-23)34(43)35(27,29)21-8-5-4-6-9-21/h4-12,14-16,25-29,39H,13,17H2,1-3H3/t25-,26+,27-,28-,29-,35+/m0/s1. The largest absolute Gasteiger partial charge is 0.507 e. The number of aryl methyl sites for hydroxylation is 2. The van der Waals surface area contributed by atoms with Gasteiger partial charge in [0.1, 0.15) is 5.75 Å². The second-order valence-corrected chi connectivity index (χ2v) is 12.8. The summed E-state index contributed by atoms with van der Waals surface area (Å²) in [7, 11) is 1.52. The van der Waals surface area contributed by atoms with Gasteiger partial charge in [0.25, 0.3) is 0 Å². The first-order valence-corrected chi connectivity index (χ1v) is 15.0. The molecule has 7 rings (SSSR count). The Labute approximate surface area is 254 Å². The molecule has 6 atom stereocenters. The molecule has 2 saturated heterocycles. The lowest BCUT2D eigenvalue weighted by Gasteiger charge is -2.51. The summed E-state index contributed by atoms with van der Waals surface area (Å²) >= 11 is 6.35. The number of phenols is 1. The number of allylic oxidation sites excluding steroid dienone is 2. The van der Waals surface area contributed by atoms with E-state index in [-0.39, 0.29) is 35.8 Å². The van der Waals surface area contributed by atoms with Crippen LogP contribution in [0.3, 0.4) is 0 Å². The molecule has 2 heterocycles. The molecule has 0 bridgehead atoms. The van der Waals surface area contributed by atoms with Crippen molar-refractivity contribution in [1.29, 1.82) is 0 Å². The summed E-state index contributed by atoms with van der Waals surface area (Å²) in [6.07, 6.45) is 2.68. The fourth-order valence-corrected chi connectivity index (χ4v) is 8.62. The van der Waals surface area contributed by atoms with Gasteiger partial charge in [0.2, 0.25) is 23.6 Å². The SMILES string of the molecule is Cc1cc([C@H]2C3=CC[C@@H]4C(=O)N(C)C(=O)[C@@H]4[C@@H]3C[C@H]3C(=O)N(c4cccc(Cl)c4)C(=O)[C@@]23c2ccccc2)cc(C)c1O. The molecule has 3 aromatic carbocycles. The number of hydrogen-bond acceptors (Lipinski definition) is 5. The van der Waals surface area contributed by atoms with E-state index < -0.39 is 35.0 Å². The minimum absolute atomic E-state index is 0.173. The van der Waals surface area contributed by atoms with Gasteiger partial charge in [-0.3, -0.25) is 24.1 Å². The van der Waals surface area contributed by atoms with Gasteiger partial charge in [0.15, 0.2) is 0 Å². The number of carbonyl (C=O) groups is 4. The Balaban J connectivity index is 1.54. The number of phenolic OH excluding ortho intramolecular Hbond substituents is 1. The summed E-state index contributed by atoms with van der Waals surface area (Å²) in [4.78, 5) is 58.9. The first kappa shape index (κ1) is 27.6. The fourth-order valence-electron chi connectivity index (χ4n) is 8.43. The lowest BCUT2D eigenvalue weighted by atomic mass is 9.49. The van der Waals surface area contributed by atoms with E-state index in [4.69, 9.17) is 11.6 Å². The molecular weight excluding hydrogens is 564 g/mol. The normalized spacial score (nSPS) is 29.9. The zero-order valence-corrected chi connectivity index (χ0v) is 24.8. The highest BCUT2D eigenvalue weighted by Crippen LogP contribution is 2.64. The number of imide groups is 2. The van der Waals surface area contributed by atoms with E-state index >= 15 is 4.79 Å². The van der Waals surface area contributed by atoms with Crippen LogP contribution >= 0.6 is 11.6 Å². The molecule has 0 radical (unpaired) electrons. The van der Waals surface area contributed by atoms with E-state index in [2.05, 4.69) is 0 Å². The number of likely N-dealkylation sites (tertiary alicyclic amines) is 1. The van der Waals surface area contributed by atoms with Crippen LogP contribution in [-0.2, 0) is 24.6 Å². The van der Waals surface area contributed by atoms with E-state index in [9.17, 15) is 19.5 Å². The average Bonchev–Trinajstić information content (AvgIpc) is 3.36. The van der Waals surface area contributed by atoms with E-state index in [1.807, 2.05) is 62.4 Å². The topological polar surface area (TPSA) is 95.0 Å². The van der Waals surface area contributed by atoms with Crippen molar-refractivity contribution in [2.75, 3.05) is 11.9 Å². The van der Waals surface area contributed by atoms with Crippen LogP contribution in [0.5, 0.6) is 5.75 Å². The van der Waals surface area contributed by atoms with Crippen molar-refractivity contribution < 1.29 is 24.3 Å². The molecule has 2 aliphatic carbocycles. The van der Waals surface area contributed by atoms with Gasteiger partial charge in [0, 0.05) is 18.0 Å². The molecule has 43 heavy (non-hydrogen) atoms. The molecular formula is C35H31ClN2O5. The summed E-state index contributed by atoms with van der Waals surface area (Å²) in [5, 5.41) is 11.1. The van der Waals surface area contributed by atoms with Crippen LogP contribution in [0.4, 0.5) is 5.69 Å². The van der Waals surface area contributed by atoms with Crippen molar-refractivity contribution in [2.45, 2.75) is 38.0 Å². The smallest absolute Gasteiger partial charge is 0.246 e. The number of carbonyl (C=O) groups excluding carboxylic acids is 4. The summed E-state index contributed by atoms with van der Waals surface area (Å²) in [5.74, 6) is -3.89. The summed E-state index contributed by atoms with van der Waals surface area (Å²) in [6, 6.07) is 19.9. The van der Waals surface area contributed by atoms with Crippen LogP contribution in [0.15, 0.2) is 78.4 Å². The van der Waals surface area contributed by atoms with Crippen molar-refractivity contribution in [3.8, 4) is 5.75 Å². The highest BCUT2D eigenvalue weighted by Gasteiger charge is 2.70. The van der Waals surface area contributed by atoms with Gasteiger partial charge < -0.3 is 5.11 Å². The van der Waals surface area contributed by atoms with Crippen LogP contribution < -0.4 is 4.90 Å². The fraction of sp³-hybridized carbons (Fsp3) is 0.314. The first-order valence-electron chi connectivity index (χ1n) is 14.6. The van der Waals surface area contributed by atoms with E-state index in [0.717, 1.165) is 11.1 Å². The van der Waals surface area contributed by atoms with Gasteiger partial charge in [0.05, 0.1) is 28.9 Å². The molecule has 3 fully saturated rings. The maximum absolute atomic E-state index is 15.1. The Kier molecular flexibility index (Phi) is 6.19. The predicted molar refractivity (Wildman–Crippen MR) is 161 cm³/mol.